The summed E-state index contributed by atoms with van der Waals surface area (Å²) in [6, 6.07) is 16.8. The van der Waals surface area contributed by atoms with Crippen LogP contribution in [0, 0.1) is 6.92 Å². The highest BCUT2D eigenvalue weighted by Crippen LogP contribution is 2.49. The third-order valence-electron chi connectivity index (χ3n) is 7.44. The zero-order valence-electron chi connectivity index (χ0n) is 20.0. The minimum absolute atomic E-state index is 0.0676. The highest BCUT2D eigenvalue weighted by molar-refractivity contribution is 7.99. The van der Waals surface area contributed by atoms with Crippen LogP contribution in [0.3, 0.4) is 0 Å². The molecule has 1 saturated carbocycles. The number of rotatable bonds is 3. The second-order valence-electron chi connectivity index (χ2n) is 10.2. The lowest BCUT2D eigenvalue weighted by molar-refractivity contribution is 0.284. The van der Waals surface area contributed by atoms with Crippen LogP contribution in [-0.2, 0) is 11.8 Å². The van der Waals surface area contributed by atoms with Crippen molar-refractivity contribution in [3.8, 4) is 16.9 Å². The molecule has 6 heteroatoms. The fourth-order valence-electron chi connectivity index (χ4n) is 6.05. The van der Waals surface area contributed by atoms with Gasteiger partial charge in [-0.3, -0.25) is 9.20 Å². The van der Waals surface area contributed by atoms with Gasteiger partial charge in [0.25, 0.3) is 5.56 Å². The van der Waals surface area contributed by atoms with E-state index >= 15 is 0 Å². The molecule has 0 N–H and O–H groups in total. The first-order valence-electron chi connectivity index (χ1n) is 12.4. The Morgan fingerprint density at radius 2 is 1.79 bits per heavy atom. The second kappa shape index (κ2) is 8.12. The Balaban J connectivity index is 1.79. The van der Waals surface area contributed by atoms with Gasteiger partial charge in [-0.15, -0.1) is 10.2 Å². The van der Waals surface area contributed by atoms with E-state index in [0.717, 1.165) is 52.5 Å². The van der Waals surface area contributed by atoms with E-state index in [-0.39, 0.29) is 11.0 Å². The molecule has 0 bridgehead atoms. The van der Waals surface area contributed by atoms with Crippen molar-refractivity contribution < 1.29 is 0 Å². The van der Waals surface area contributed by atoms with Crippen molar-refractivity contribution in [2.24, 2.45) is 0 Å². The number of thioether (sulfide) groups is 1. The summed E-state index contributed by atoms with van der Waals surface area (Å²) in [5.74, 6) is 0.597. The predicted octanol–water partition coefficient (Wildman–Crippen LogP) is 6.11. The van der Waals surface area contributed by atoms with E-state index in [1.165, 1.54) is 24.8 Å². The molecule has 0 amide bonds. The largest absolute Gasteiger partial charge is 0.268 e. The maximum atomic E-state index is 14.5. The summed E-state index contributed by atoms with van der Waals surface area (Å²) in [6.45, 7) is 6.41. The molecule has 2 aromatic heterocycles. The summed E-state index contributed by atoms with van der Waals surface area (Å²) < 4.78 is 3.99. The third kappa shape index (κ3) is 3.26. The van der Waals surface area contributed by atoms with E-state index in [9.17, 15) is 4.79 Å². The fraction of sp³-hybridized carbons (Fsp3) is 0.393. The molecule has 174 valence electrons. The van der Waals surface area contributed by atoms with Crippen LogP contribution in [0.25, 0.3) is 22.7 Å². The Labute approximate surface area is 204 Å². The molecule has 2 aliphatic rings. The summed E-state index contributed by atoms with van der Waals surface area (Å²) >= 11 is 1.70. The van der Waals surface area contributed by atoms with Crippen LogP contribution in [0.4, 0.5) is 0 Å². The topological polar surface area (TPSA) is 52.2 Å². The Morgan fingerprint density at radius 1 is 1.00 bits per heavy atom. The van der Waals surface area contributed by atoms with Crippen molar-refractivity contribution >= 4 is 17.5 Å². The quantitative estimate of drug-likeness (QED) is 0.339. The first kappa shape index (κ1) is 21.7. The normalized spacial score (nSPS) is 16.7. The molecule has 0 aliphatic heterocycles. The van der Waals surface area contributed by atoms with Gasteiger partial charge in [-0.1, -0.05) is 81.3 Å². The molecule has 34 heavy (non-hydrogen) atoms. The molecule has 5 nitrogen and oxygen atoms in total. The second-order valence-corrected chi connectivity index (χ2v) is 11.7. The molecule has 0 atom stereocenters. The molecule has 0 saturated heterocycles. The van der Waals surface area contributed by atoms with Gasteiger partial charge in [0, 0.05) is 21.8 Å². The van der Waals surface area contributed by atoms with Gasteiger partial charge in [-0.2, -0.15) is 0 Å². The standard InChI is InChI=1S/C28H30N4OS/c1-18(2)34-27-30-29-26-31(21-12-9-10-19(3)16-21)25(33)23-24(32(26)27)22-13-6-5-11-20(22)17-28(23)14-7-4-8-15-28/h5-6,9-13,16,18H,4,7-8,14-15,17H2,1-3H3. The Bertz CT molecular complexity index is 1460. The van der Waals surface area contributed by atoms with E-state index in [2.05, 4.69) is 71.8 Å². The Kier molecular flexibility index (Phi) is 5.17. The van der Waals surface area contributed by atoms with Crippen molar-refractivity contribution in [2.45, 2.75) is 75.1 Å². The van der Waals surface area contributed by atoms with Crippen LogP contribution in [-0.4, -0.2) is 24.4 Å². The van der Waals surface area contributed by atoms with Crippen LogP contribution in [0.1, 0.15) is 62.6 Å². The number of hydrogen-bond acceptors (Lipinski definition) is 4. The van der Waals surface area contributed by atoms with Crippen molar-refractivity contribution in [2.75, 3.05) is 0 Å². The van der Waals surface area contributed by atoms with Crippen molar-refractivity contribution in [3.63, 3.8) is 0 Å². The number of fused-ring (bicyclic) bond motifs is 6. The molecule has 4 aromatic rings. The van der Waals surface area contributed by atoms with E-state index in [4.69, 9.17) is 0 Å². The van der Waals surface area contributed by atoms with Crippen LogP contribution in [0.15, 0.2) is 58.5 Å². The van der Waals surface area contributed by atoms with Crippen molar-refractivity contribution in [3.05, 3.63) is 75.6 Å². The van der Waals surface area contributed by atoms with E-state index in [1.54, 1.807) is 11.8 Å². The van der Waals surface area contributed by atoms with Gasteiger partial charge in [-0.25, -0.2) is 4.57 Å². The number of benzene rings is 2. The summed E-state index contributed by atoms with van der Waals surface area (Å²) in [4.78, 5) is 14.5. The van der Waals surface area contributed by atoms with Gasteiger partial charge in [-0.05, 0) is 49.4 Å². The summed E-state index contributed by atoms with van der Waals surface area (Å²) in [5, 5.41) is 10.4. The van der Waals surface area contributed by atoms with Gasteiger partial charge in [0.2, 0.25) is 5.78 Å². The predicted molar refractivity (Wildman–Crippen MR) is 138 cm³/mol. The van der Waals surface area contributed by atoms with E-state index in [1.807, 2.05) is 16.7 Å². The van der Waals surface area contributed by atoms with Gasteiger partial charge in [0.05, 0.1) is 11.4 Å². The molecule has 1 spiro atoms. The molecule has 0 radical (unpaired) electrons. The van der Waals surface area contributed by atoms with Gasteiger partial charge in [0.1, 0.15) is 0 Å². The van der Waals surface area contributed by atoms with Crippen LogP contribution in [0.2, 0.25) is 0 Å². The van der Waals surface area contributed by atoms with Crippen molar-refractivity contribution in [1.82, 2.24) is 19.2 Å². The van der Waals surface area contributed by atoms with E-state index in [0.29, 0.717) is 11.0 Å². The van der Waals surface area contributed by atoms with E-state index < -0.39 is 0 Å². The highest BCUT2D eigenvalue weighted by atomic mass is 32.2. The summed E-state index contributed by atoms with van der Waals surface area (Å²) in [7, 11) is 0. The molecule has 6 rings (SSSR count). The molecule has 2 aliphatic carbocycles. The Morgan fingerprint density at radius 3 is 2.56 bits per heavy atom. The molecule has 2 aromatic carbocycles. The third-order valence-corrected chi connectivity index (χ3v) is 8.38. The molecular formula is C28H30N4OS. The van der Waals surface area contributed by atoms with Crippen LogP contribution >= 0.6 is 11.8 Å². The lowest BCUT2D eigenvalue weighted by Gasteiger charge is -2.42. The smallest absolute Gasteiger partial charge is 0.263 e. The summed E-state index contributed by atoms with van der Waals surface area (Å²) in [5.41, 5.74) is 6.37. The number of aryl methyl sites for hydroxylation is 1. The average Bonchev–Trinajstić information content (AvgIpc) is 3.21. The van der Waals surface area contributed by atoms with Crippen LogP contribution in [0.5, 0.6) is 0 Å². The maximum Gasteiger partial charge on any atom is 0.263 e. The number of aromatic nitrogens is 4. The zero-order chi connectivity index (χ0) is 23.4. The van der Waals surface area contributed by atoms with Crippen LogP contribution < -0.4 is 5.56 Å². The summed E-state index contributed by atoms with van der Waals surface area (Å²) in [6.07, 6.45) is 6.61. The van der Waals surface area contributed by atoms with Gasteiger partial charge >= 0.3 is 0 Å². The number of nitrogens with zero attached hydrogens (tertiary/aromatic N) is 4. The monoisotopic (exact) mass is 470 g/mol. The SMILES string of the molecule is Cc1cccc(-n2c(=O)c3c(n4c(SC(C)C)nnc24)-c2ccccc2CC32CCCCC2)c1. The molecular weight excluding hydrogens is 440 g/mol. The van der Waals surface area contributed by atoms with Gasteiger partial charge in [0.15, 0.2) is 5.16 Å². The molecule has 1 fully saturated rings. The first-order chi connectivity index (χ1) is 16.5. The molecule has 2 heterocycles. The average molecular weight is 471 g/mol. The molecule has 0 unspecified atom stereocenters. The minimum Gasteiger partial charge on any atom is -0.268 e. The Hall–Kier alpha value is -2.86. The van der Waals surface area contributed by atoms with Gasteiger partial charge < -0.3 is 0 Å². The van der Waals surface area contributed by atoms with Crippen molar-refractivity contribution in [1.29, 1.82) is 0 Å². The highest BCUT2D eigenvalue weighted by Gasteiger charge is 2.44. The minimum atomic E-state index is -0.136. The zero-order valence-corrected chi connectivity index (χ0v) is 20.9. The fourth-order valence-corrected chi connectivity index (χ4v) is 6.84. The maximum absolute atomic E-state index is 14.5. The lowest BCUT2D eigenvalue weighted by atomic mass is 9.62. The first-order valence-corrected chi connectivity index (χ1v) is 13.2. The lowest BCUT2D eigenvalue weighted by Crippen LogP contribution is -2.43. The number of hydrogen-bond donors (Lipinski definition) is 0.